The van der Waals surface area contributed by atoms with E-state index in [-0.39, 0.29) is 17.4 Å². The molecule has 0 aromatic heterocycles. The lowest BCUT2D eigenvalue weighted by molar-refractivity contribution is -0.145. The highest BCUT2D eigenvalue weighted by Gasteiger charge is 2.55. The number of carbonyl (C=O) groups excluding carboxylic acids is 2. The fourth-order valence-electron chi connectivity index (χ4n) is 3.89. The third kappa shape index (κ3) is 1.12. The van der Waals surface area contributed by atoms with Gasteiger partial charge in [0.05, 0.1) is 5.54 Å². The maximum atomic E-state index is 11.9. The first-order chi connectivity index (χ1) is 7.24. The van der Waals surface area contributed by atoms with E-state index in [1.54, 1.807) is 0 Å². The Kier molecular flexibility index (Phi) is 1.91. The predicted molar refractivity (Wildman–Crippen MR) is 55.3 cm³/mol. The molecule has 2 atom stereocenters. The molecular formula is C12H17NO2. The zero-order valence-corrected chi connectivity index (χ0v) is 9.00. The maximum absolute atomic E-state index is 11.9. The predicted octanol–water partition coefficient (Wildman–Crippen LogP) is 1.51. The molecule has 1 amide bonds. The Hall–Kier alpha value is -0.860. The van der Waals surface area contributed by atoms with Crippen LogP contribution in [0.1, 0.15) is 44.9 Å². The summed E-state index contributed by atoms with van der Waals surface area (Å²) < 4.78 is 0. The van der Waals surface area contributed by atoms with Crippen LogP contribution in [0.15, 0.2) is 0 Å². The van der Waals surface area contributed by atoms with E-state index >= 15 is 0 Å². The first-order valence-corrected chi connectivity index (χ1v) is 6.07. The van der Waals surface area contributed by atoms with Gasteiger partial charge in [0.15, 0.2) is 0 Å². The molecule has 0 N–H and O–H groups in total. The van der Waals surface area contributed by atoms with Gasteiger partial charge in [-0.3, -0.25) is 9.59 Å². The van der Waals surface area contributed by atoms with Crippen molar-refractivity contribution in [3.05, 3.63) is 0 Å². The molecule has 82 valence electrons. The Labute approximate surface area is 89.8 Å². The zero-order valence-electron chi connectivity index (χ0n) is 9.00. The molecule has 3 heteroatoms. The molecule has 2 saturated heterocycles. The summed E-state index contributed by atoms with van der Waals surface area (Å²) in [7, 11) is 0. The number of Topliss-reactive ketones (excluding diaryl/α,β-unsaturated/α-hetero) is 1. The number of rotatable bonds is 0. The largest absolute Gasteiger partial charge is 0.336 e. The summed E-state index contributed by atoms with van der Waals surface area (Å²) in [5, 5.41) is 0. The van der Waals surface area contributed by atoms with Gasteiger partial charge in [-0.25, -0.2) is 0 Å². The minimum Gasteiger partial charge on any atom is -0.336 e. The monoisotopic (exact) mass is 207 g/mol. The van der Waals surface area contributed by atoms with Crippen LogP contribution in [0, 0.1) is 5.92 Å². The molecule has 0 bridgehead atoms. The van der Waals surface area contributed by atoms with E-state index in [0.717, 1.165) is 19.3 Å². The van der Waals surface area contributed by atoms with Crippen molar-refractivity contribution >= 4 is 11.7 Å². The van der Waals surface area contributed by atoms with Gasteiger partial charge in [0, 0.05) is 25.3 Å². The molecular weight excluding hydrogens is 190 g/mol. The highest BCUT2D eigenvalue weighted by atomic mass is 16.2. The molecule has 0 radical (unpaired) electrons. The molecule has 0 aromatic rings. The summed E-state index contributed by atoms with van der Waals surface area (Å²) in [6, 6.07) is 0. The van der Waals surface area contributed by atoms with Gasteiger partial charge in [-0.15, -0.1) is 0 Å². The van der Waals surface area contributed by atoms with Gasteiger partial charge >= 0.3 is 0 Å². The number of nitrogens with zero attached hydrogens (tertiary/aromatic N) is 1. The van der Waals surface area contributed by atoms with E-state index in [2.05, 4.69) is 0 Å². The van der Waals surface area contributed by atoms with Crippen LogP contribution in [0.4, 0.5) is 0 Å². The fraction of sp³-hybridized carbons (Fsp3) is 0.833. The Bertz CT molecular complexity index is 326. The molecule has 0 unspecified atom stereocenters. The van der Waals surface area contributed by atoms with Gasteiger partial charge in [0.2, 0.25) is 5.91 Å². The van der Waals surface area contributed by atoms with Crippen LogP contribution in [0.3, 0.4) is 0 Å². The Morgan fingerprint density at radius 3 is 2.87 bits per heavy atom. The van der Waals surface area contributed by atoms with E-state index in [1.165, 1.54) is 12.8 Å². The summed E-state index contributed by atoms with van der Waals surface area (Å²) >= 11 is 0. The van der Waals surface area contributed by atoms with Crippen LogP contribution in [-0.2, 0) is 9.59 Å². The lowest BCUT2D eigenvalue weighted by atomic mass is 9.67. The standard InChI is InChI=1S/C12H17NO2/c14-10-5-8-13-11(15)4-7-12(13)6-2-1-3-9(10)12/h9H,1-8H2/t9-,12+/m1/s1. The Morgan fingerprint density at radius 1 is 1.13 bits per heavy atom. The van der Waals surface area contributed by atoms with Crippen molar-refractivity contribution in [3.63, 3.8) is 0 Å². The second kappa shape index (κ2) is 3.06. The van der Waals surface area contributed by atoms with E-state index < -0.39 is 0 Å². The Balaban J connectivity index is 2.00. The summed E-state index contributed by atoms with van der Waals surface area (Å²) in [4.78, 5) is 25.8. The van der Waals surface area contributed by atoms with Crippen molar-refractivity contribution in [3.8, 4) is 0 Å². The molecule has 2 heterocycles. The smallest absolute Gasteiger partial charge is 0.223 e. The highest BCUT2D eigenvalue weighted by Crippen LogP contribution is 2.48. The van der Waals surface area contributed by atoms with Crippen molar-refractivity contribution < 1.29 is 9.59 Å². The zero-order chi connectivity index (χ0) is 10.5. The van der Waals surface area contributed by atoms with Crippen LogP contribution in [0.5, 0.6) is 0 Å². The van der Waals surface area contributed by atoms with Crippen LogP contribution in [0.2, 0.25) is 0 Å². The summed E-state index contributed by atoms with van der Waals surface area (Å²) in [5.41, 5.74) is -0.0370. The average molecular weight is 207 g/mol. The lowest BCUT2D eigenvalue weighted by Gasteiger charge is -2.50. The van der Waals surface area contributed by atoms with Crippen LogP contribution >= 0.6 is 0 Å². The molecule has 15 heavy (non-hydrogen) atoms. The minimum atomic E-state index is -0.0370. The number of hydrogen-bond acceptors (Lipinski definition) is 2. The highest BCUT2D eigenvalue weighted by molar-refractivity contribution is 5.89. The molecule has 3 nitrogen and oxygen atoms in total. The SMILES string of the molecule is O=C1CCN2C(=O)CC[C@]23CCCC[C@H]13. The van der Waals surface area contributed by atoms with Gasteiger partial charge in [0.1, 0.15) is 5.78 Å². The molecule has 2 aliphatic heterocycles. The van der Waals surface area contributed by atoms with Crippen molar-refractivity contribution in [1.29, 1.82) is 0 Å². The molecule has 3 fully saturated rings. The molecule has 1 aliphatic carbocycles. The third-order valence-corrected chi connectivity index (χ3v) is 4.58. The number of hydrogen-bond donors (Lipinski definition) is 0. The quantitative estimate of drug-likeness (QED) is 0.604. The van der Waals surface area contributed by atoms with Gasteiger partial charge in [-0.2, -0.15) is 0 Å². The first-order valence-electron chi connectivity index (χ1n) is 6.07. The van der Waals surface area contributed by atoms with Gasteiger partial charge < -0.3 is 4.90 Å². The molecule has 3 rings (SSSR count). The summed E-state index contributed by atoms with van der Waals surface area (Å²) in [6.07, 6.45) is 6.63. The van der Waals surface area contributed by atoms with Crippen molar-refractivity contribution in [2.75, 3.05) is 6.54 Å². The first kappa shape index (κ1) is 9.37. The van der Waals surface area contributed by atoms with E-state index in [0.29, 0.717) is 25.2 Å². The fourth-order valence-corrected chi connectivity index (χ4v) is 3.89. The van der Waals surface area contributed by atoms with Gasteiger partial charge in [-0.1, -0.05) is 12.8 Å². The lowest BCUT2D eigenvalue weighted by Crippen LogP contribution is -2.59. The molecule has 1 saturated carbocycles. The maximum Gasteiger partial charge on any atom is 0.223 e. The number of ketones is 1. The number of carbonyl (C=O) groups is 2. The van der Waals surface area contributed by atoms with Crippen LogP contribution in [-0.4, -0.2) is 28.7 Å². The summed E-state index contributed by atoms with van der Waals surface area (Å²) in [6.45, 7) is 0.689. The van der Waals surface area contributed by atoms with Crippen molar-refractivity contribution in [2.24, 2.45) is 5.92 Å². The van der Waals surface area contributed by atoms with E-state index in [9.17, 15) is 9.59 Å². The van der Waals surface area contributed by atoms with E-state index in [4.69, 9.17) is 0 Å². The van der Waals surface area contributed by atoms with Crippen LogP contribution in [0.25, 0.3) is 0 Å². The van der Waals surface area contributed by atoms with Gasteiger partial charge in [0.25, 0.3) is 0 Å². The molecule has 1 spiro atoms. The van der Waals surface area contributed by atoms with Crippen molar-refractivity contribution in [1.82, 2.24) is 4.90 Å². The van der Waals surface area contributed by atoms with E-state index in [1.807, 2.05) is 4.90 Å². The second-order valence-electron chi connectivity index (χ2n) is 5.16. The third-order valence-electron chi connectivity index (χ3n) is 4.58. The molecule has 3 aliphatic rings. The second-order valence-corrected chi connectivity index (χ2v) is 5.16. The number of piperidine rings is 1. The van der Waals surface area contributed by atoms with Crippen molar-refractivity contribution in [2.45, 2.75) is 50.5 Å². The topological polar surface area (TPSA) is 37.4 Å². The molecule has 0 aromatic carbocycles. The van der Waals surface area contributed by atoms with Gasteiger partial charge in [-0.05, 0) is 19.3 Å². The number of amides is 1. The average Bonchev–Trinajstić information content (AvgIpc) is 2.56. The van der Waals surface area contributed by atoms with Crippen LogP contribution < -0.4 is 0 Å². The Morgan fingerprint density at radius 2 is 2.00 bits per heavy atom. The summed E-state index contributed by atoms with van der Waals surface area (Å²) in [5.74, 6) is 0.876. The minimum absolute atomic E-state index is 0.0370. The normalized spacial score (nSPS) is 40.3.